The van der Waals surface area contributed by atoms with Crippen molar-refractivity contribution < 1.29 is 9.32 Å². The number of piperidine rings is 1. The van der Waals surface area contributed by atoms with Crippen LogP contribution in [0, 0.1) is 0 Å². The van der Waals surface area contributed by atoms with Crippen molar-refractivity contribution >= 4 is 5.91 Å². The van der Waals surface area contributed by atoms with Crippen molar-refractivity contribution in [3.8, 4) is 11.4 Å². The van der Waals surface area contributed by atoms with E-state index < -0.39 is 0 Å². The summed E-state index contributed by atoms with van der Waals surface area (Å²) in [4.78, 5) is 22.9. The lowest BCUT2D eigenvalue weighted by Crippen LogP contribution is -2.39. The number of aromatic nitrogens is 3. The molecule has 1 atom stereocenters. The molecular formula is C19H27N5O2. The fourth-order valence-corrected chi connectivity index (χ4v) is 3.28. The molecular weight excluding hydrogens is 330 g/mol. The highest BCUT2D eigenvalue weighted by molar-refractivity contribution is 5.75. The normalized spacial score (nSPS) is 18.0. The molecule has 1 saturated heterocycles. The van der Waals surface area contributed by atoms with Crippen LogP contribution in [-0.2, 0) is 11.2 Å². The summed E-state index contributed by atoms with van der Waals surface area (Å²) in [7, 11) is 0. The molecule has 1 fully saturated rings. The van der Waals surface area contributed by atoms with Gasteiger partial charge in [0.25, 0.3) is 0 Å². The second-order valence-electron chi connectivity index (χ2n) is 6.84. The lowest BCUT2D eigenvalue weighted by atomic mass is 10.0. The molecule has 26 heavy (non-hydrogen) atoms. The Morgan fingerprint density at radius 3 is 3.15 bits per heavy atom. The Morgan fingerprint density at radius 1 is 1.42 bits per heavy atom. The van der Waals surface area contributed by atoms with E-state index in [2.05, 4.69) is 32.3 Å². The first-order valence-electron chi connectivity index (χ1n) is 9.46. The van der Waals surface area contributed by atoms with E-state index in [0.29, 0.717) is 37.1 Å². The van der Waals surface area contributed by atoms with Gasteiger partial charge in [-0.2, -0.15) is 4.98 Å². The molecule has 0 bridgehead atoms. The van der Waals surface area contributed by atoms with Crippen LogP contribution < -0.4 is 5.32 Å². The third-order valence-electron chi connectivity index (χ3n) is 4.84. The number of hydrogen-bond acceptors (Lipinski definition) is 6. The molecule has 0 spiro atoms. The highest BCUT2D eigenvalue weighted by Crippen LogP contribution is 2.16. The van der Waals surface area contributed by atoms with Crippen molar-refractivity contribution in [2.24, 2.45) is 0 Å². The van der Waals surface area contributed by atoms with Gasteiger partial charge < -0.3 is 14.7 Å². The second-order valence-corrected chi connectivity index (χ2v) is 6.84. The van der Waals surface area contributed by atoms with E-state index >= 15 is 0 Å². The van der Waals surface area contributed by atoms with Crippen molar-refractivity contribution in [3.63, 3.8) is 0 Å². The van der Waals surface area contributed by atoms with E-state index in [-0.39, 0.29) is 5.91 Å². The fourth-order valence-electron chi connectivity index (χ4n) is 3.28. The minimum Gasteiger partial charge on any atom is -0.356 e. The van der Waals surface area contributed by atoms with Crippen molar-refractivity contribution in [2.45, 2.75) is 51.5 Å². The average Bonchev–Trinajstić information content (AvgIpc) is 3.15. The zero-order valence-electron chi connectivity index (χ0n) is 15.4. The van der Waals surface area contributed by atoms with Crippen LogP contribution in [0.15, 0.2) is 29.0 Å². The van der Waals surface area contributed by atoms with Crippen LogP contribution in [0.2, 0.25) is 0 Å². The number of carbonyl (C=O) groups is 1. The molecule has 1 amide bonds. The van der Waals surface area contributed by atoms with Gasteiger partial charge in [-0.1, -0.05) is 11.6 Å². The van der Waals surface area contributed by atoms with Crippen LogP contribution in [0.4, 0.5) is 0 Å². The summed E-state index contributed by atoms with van der Waals surface area (Å²) in [6.07, 6.45) is 9.09. The lowest BCUT2D eigenvalue weighted by Gasteiger charge is -2.33. The highest BCUT2D eigenvalue weighted by atomic mass is 16.5. The van der Waals surface area contributed by atoms with Gasteiger partial charge in [0.05, 0.1) is 0 Å². The molecule has 2 aromatic heterocycles. The molecule has 0 unspecified atom stereocenters. The van der Waals surface area contributed by atoms with Crippen LogP contribution in [0.25, 0.3) is 11.4 Å². The number of rotatable bonds is 8. The van der Waals surface area contributed by atoms with E-state index in [9.17, 15) is 4.79 Å². The number of pyridine rings is 1. The molecule has 3 rings (SSSR count). The Balaban J connectivity index is 1.33. The van der Waals surface area contributed by atoms with Crippen molar-refractivity contribution in [1.82, 2.24) is 25.3 Å². The van der Waals surface area contributed by atoms with Gasteiger partial charge in [-0.25, -0.2) is 0 Å². The molecule has 0 saturated carbocycles. The molecule has 0 radical (unpaired) electrons. The van der Waals surface area contributed by atoms with Crippen LogP contribution in [0.1, 0.15) is 44.9 Å². The van der Waals surface area contributed by atoms with Crippen LogP contribution >= 0.6 is 0 Å². The second kappa shape index (κ2) is 9.43. The predicted molar refractivity (Wildman–Crippen MR) is 98.4 cm³/mol. The molecule has 1 aliphatic rings. The Labute approximate surface area is 154 Å². The van der Waals surface area contributed by atoms with Gasteiger partial charge in [0.1, 0.15) is 0 Å². The van der Waals surface area contributed by atoms with Gasteiger partial charge in [-0.3, -0.25) is 9.78 Å². The molecule has 1 aliphatic heterocycles. The minimum absolute atomic E-state index is 0.0258. The maximum absolute atomic E-state index is 12.0. The third-order valence-corrected chi connectivity index (χ3v) is 4.84. The number of likely N-dealkylation sites (tertiary alicyclic amines) is 1. The largest absolute Gasteiger partial charge is 0.356 e. The summed E-state index contributed by atoms with van der Waals surface area (Å²) in [6, 6.07) is 4.37. The third kappa shape index (κ3) is 5.36. The Bertz CT molecular complexity index is 688. The maximum Gasteiger partial charge on any atom is 0.227 e. The number of carbonyl (C=O) groups excluding carboxylic acids is 1. The first kappa shape index (κ1) is 18.5. The molecule has 0 aromatic carbocycles. The Morgan fingerprint density at radius 2 is 2.35 bits per heavy atom. The number of aryl methyl sites for hydroxylation is 1. The monoisotopic (exact) mass is 357 g/mol. The van der Waals surface area contributed by atoms with E-state index in [1.807, 2.05) is 12.1 Å². The number of hydrogen-bond donors (Lipinski definition) is 1. The van der Waals surface area contributed by atoms with E-state index in [1.165, 1.54) is 25.8 Å². The molecule has 1 N–H and O–H groups in total. The van der Waals surface area contributed by atoms with Crippen molar-refractivity contribution in [1.29, 1.82) is 0 Å². The van der Waals surface area contributed by atoms with Crippen molar-refractivity contribution in [2.75, 3.05) is 19.6 Å². The zero-order chi connectivity index (χ0) is 18.2. The summed E-state index contributed by atoms with van der Waals surface area (Å²) >= 11 is 0. The topological polar surface area (TPSA) is 84.2 Å². The maximum atomic E-state index is 12.0. The summed E-state index contributed by atoms with van der Waals surface area (Å²) in [5, 5.41) is 6.92. The Hall–Kier alpha value is -2.28. The van der Waals surface area contributed by atoms with Crippen LogP contribution in [0.3, 0.4) is 0 Å². The summed E-state index contributed by atoms with van der Waals surface area (Å²) in [5.74, 6) is 1.00. The van der Waals surface area contributed by atoms with Gasteiger partial charge in [0.15, 0.2) is 0 Å². The predicted octanol–water partition coefficient (Wildman–Crippen LogP) is 2.44. The van der Waals surface area contributed by atoms with Gasteiger partial charge in [0, 0.05) is 49.9 Å². The fraction of sp³-hybridized carbons (Fsp3) is 0.579. The van der Waals surface area contributed by atoms with Crippen molar-refractivity contribution in [3.05, 3.63) is 30.4 Å². The average molecular weight is 357 g/mol. The van der Waals surface area contributed by atoms with Gasteiger partial charge in [-0.05, 0) is 44.9 Å². The number of nitrogens with one attached hydrogen (secondary N) is 1. The first-order chi connectivity index (χ1) is 12.7. The molecule has 2 aromatic rings. The van der Waals surface area contributed by atoms with Crippen LogP contribution in [-0.4, -0.2) is 51.6 Å². The van der Waals surface area contributed by atoms with Gasteiger partial charge in [-0.15, -0.1) is 0 Å². The summed E-state index contributed by atoms with van der Waals surface area (Å²) < 4.78 is 5.21. The standard InChI is InChI=1S/C19H27N5O2/c1-15-6-2-3-12-24(15)13-5-11-21-17(25)8-9-18-22-19(23-26-18)16-7-4-10-20-14-16/h4,7,10,14-15H,2-3,5-6,8-9,11-13H2,1H3,(H,21,25)/t15-/m0/s1. The molecule has 3 heterocycles. The SMILES string of the molecule is C[C@H]1CCCCN1CCCNC(=O)CCc1nc(-c2cccnc2)no1. The van der Waals surface area contributed by atoms with E-state index in [4.69, 9.17) is 4.52 Å². The molecule has 0 aliphatic carbocycles. The number of nitrogens with zero attached hydrogens (tertiary/aromatic N) is 4. The zero-order valence-corrected chi connectivity index (χ0v) is 15.4. The summed E-state index contributed by atoms with van der Waals surface area (Å²) in [6.45, 7) is 5.25. The molecule has 7 nitrogen and oxygen atoms in total. The number of amides is 1. The van der Waals surface area contributed by atoms with Crippen LogP contribution in [0.5, 0.6) is 0 Å². The highest BCUT2D eigenvalue weighted by Gasteiger charge is 2.17. The quantitative estimate of drug-likeness (QED) is 0.731. The van der Waals surface area contributed by atoms with Gasteiger partial charge in [0.2, 0.25) is 17.6 Å². The molecule has 140 valence electrons. The first-order valence-corrected chi connectivity index (χ1v) is 9.46. The molecule has 7 heteroatoms. The summed E-state index contributed by atoms with van der Waals surface area (Å²) in [5.41, 5.74) is 0.805. The van der Waals surface area contributed by atoms with E-state index in [0.717, 1.165) is 18.5 Å². The van der Waals surface area contributed by atoms with E-state index in [1.54, 1.807) is 12.4 Å². The lowest BCUT2D eigenvalue weighted by molar-refractivity contribution is -0.121. The van der Waals surface area contributed by atoms with Gasteiger partial charge >= 0.3 is 0 Å². The minimum atomic E-state index is 0.0258. The smallest absolute Gasteiger partial charge is 0.227 e. The Kier molecular flexibility index (Phi) is 6.71.